The third kappa shape index (κ3) is 1.63. The van der Waals surface area contributed by atoms with Gasteiger partial charge in [-0.25, -0.2) is 0 Å². The smallest absolute Gasteiger partial charge is 0.0793 e. The normalized spacial score (nSPS) is 21.3. The molecule has 1 unspecified atom stereocenters. The van der Waals surface area contributed by atoms with Crippen molar-refractivity contribution in [2.75, 3.05) is 0 Å². The maximum atomic E-state index is 9.70. The van der Waals surface area contributed by atoms with E-state index in [1.54, 1.807) is 0 Å². The Morgan fingerprint density at radius 2 is 2.23 bits per heavy atom. The van der Waals surface area contributed by atoms with E-state index in [1.165, 1.54) is 0 Å². The predicted molar refractivity (Wildman–Crippen MR) is 57.0 cm³/mol. The van der Waals surface area contributed by atoms with Crippen LogP contribution in [0.5, 0.6) is 0 Å². The lowest BCUT2D eigenvalue weighted by molar-refractivity contribution is 0.156. The van der Waals surface area contributed by atoms with Crippen molar-refractivity contribution in [2.45, 2.75) is 25.4 Å². The Morgan fingerprint density at radius 1 is 1.46 bits per heavy atom. The van der Waals surface area contributed by atoms with Gasteiger partial charge in [-0.1, -0.05) is 17.7 Å². The van der Waals surface area contributed by atoms with Crippen LogP contribution in [0.4, 0.5) is 0 Å². The number of hydrogen-bond acceptors (Lipinski definition) is 1. The Morgan fingerprint density at radius 3 is 3.00 bits per heavy atom. The van der Waals surface area contributed by atoms with E-state index in [9.17, 15) is 5.11 Å². The summed E-state index contributed by atoms with van der Waals surface area (Å²) < 4.78 is 0.919. The van der Waals surface area contributed by atoms with Crippen molar-refractivity contribution in [2.24, 2.45) is 0 Å². The summed E-state index contributed by atoms with van der Waals surface area (Å²) in [6.07, 6.45) is 2.52. The second-order valence-corrected chi connectivity index (χ2v) is 4.57. The summed E-state index contributed by atoms with van der Waals surface area (Å²) >= 11 is 9.50. The zero-order valence-corrected chi connectivity index (χ0v) is 9.40. The monoisotopic (exact) mass is 260 g/mol. The lowest BCUT2D eigenvalue weighted by Crippen LogP contribution is -2.09. The van der Waals surface area contributed by atoms with Gasteiger partial charge in [0.15, 0.2) is 0 Å². The van der Waals surface area contributed by atoms with Crippen LogP contribution in [0.1, 0.15) is 30.1 Å². The summed E-state index contributed by atoms with van der Waals surface area (Å²) in [5.74, 6) is 0. The molecule has 0 fully saturated rings. The number of aliphatic hydroxyl groups excluding tert-OH is 1. The molecule has 1 aromatic carbocycles. The molecule has 0 aromatic heterocycles. The fraction of sp³-hybridized carbons (Fsp3) is 0.400. The average molecular weight is 262 g/mol. The van der Waals surface area contributed by atoms with E-state index in [-0.39, 0.29) is 6.10 Å². The molecule has 0 saturated carbocycles. The van der Waals surface area contributed by atoms with Gasteiger partial charge in [0, 0.05) is 4.47 Å². The van der Waals surface area contributed by atoms with Crippen LogP contribution in [-0.2, 0) is 6.42 Å². The molecule has 3 heteroatoms. The molecule has 0 spiro atoms. The average Bonchev–Trinajstić information content (AvgIpc) is 2.12. The molecule has 0 aliphatic heterocycles. The maximum absolute atomic E-state index is 9.70. The van der Waals surface area contributed by atoms with Gasteiger partial charge >= 0.3 is 0 Å². The van der Waals surface area contributed by atoms with Crippen LogP contribution in [0.2, 0.25) is 5.02 Å². The van der Waals surface area contributed by atoms with Gasteiger partial charge in [-0.15, -0.1) is 0 Å². The van der Waals surface area contributed by atoms with Crippen LogP contribution in [0.3, 0.4) is 0 Å². The van der Waals surface area contributed by atoms with E-state index in [4.69, 9.17) is 11.6 Å². The highest BCUT2D eigenvalue weighted by Gasteiger charge is 2.20. The van der Waals surface area contributed by atoms with Crippen molar-refractivity contribution < 1.29 is 5.11 Å². The highest BCUT2D eigenvalue weighted by atomic mass is 79.9. The SMILES string of the molecule is OC1CCCc2c1ccc(Br)c2Cl. The van der Waals surface area contributed by atoms with Crippen molar-refractivity contribution in [3.8, 4) is 0 Å². The van der Waals surface area contributed by atoms with Crippen molar-refractivity contribution in [1.29, 1.82) is 0 Å². The molecule has 13 heavy (non-hydrogen) atoms. The summed E-state index contributed by atoms with van der Waals surface area (Å²) in [5.41, 5.74) is 2.11. The standard InChI is InChI=1S/C10H10BrClO/c11-8-5-4-6-7(10(8)12)2-1-3-9(6)13/h4-5,9,13H,1-3H2. The van der Waals surface area contributed by atoms with Crippen LogP contribution in [0.25, 0.3) is 0 Å². The van der Waals surface area contributed by atoms with Gasteiger partial charge < -0.3 is 5.11 Å². The molecule has 0 saturated heterocycles. The second-order valence-electron chi connectivity index (χ2n) is 3.34. The summed E-state index contributed by atoms with van der Waals surface area (Å²) in [7, 11) is 0. The molecule has 1 N–H and O–H groups in total. The number of rotatable bonds is 0. The largest absolute Gasteiger partial charge is 0.388 e. The molecule has 1 aliphatic rings. The fourth-order valence-corrected chi connectivity index (χ4v) is 2.44. The molecule has 1 nitrogen and oxygen atoms in total. The summed E-state index contributed by atoms with van der Waals surface area (Å²) in [6.45, 7) is 0. The van der Waals surface area contributed by atoms with Crippen molar-refractivity contribution >= 4 is 27.5 Å². The van der Waals surface area contributed by atoms with Gasteiger partial charge in [-0.3, -0.25) is 0 Å². The van der Waals surface area contributed by atoms with Gasteiger partial charge in [-0.05, 0) is 52.4 Å². The maximum Gasteiger partial charge on any atom is 0.0793 e. The molecule has 0 amide bonds. The van der Waals surface area contributed by atoms with E-state index in [1.807, 2.05) is 12.1 Å². The van der Waals surface area contributed by atoms with Gasteiger partial charge in [0.1, 0.15) is 0 Å². The van der Waals surface area contributed by atoms with E-state index < -0.39 is 0 Å². The van der Waals surface area contributed by atoms with E-state index in [2.05, 4.69) is 15.9 Å². The quantitative estimate of drug-likeness (QED) is 0.758. The molecule has 0 radical (unpaired) electrons. The molecule has 2 rings (SSSR count). The minimum absolute atomic E-state index is 0.325. The van der Waals surface area contributed by atoms with Crippen LogP contribution in [-0.4, -0.2) is 5.11 Å². The molecular weight excluding hydrogens is 251 g/mol. The van der Waals surface area contributed by atoms with Crippen molar-refractivity contribution in [3.63, 3.8) is 0 Å². The van der Waals surface area contributed by atoms with Gasteiger partial charge in [0.05, 0.1) is 11.1 Å². The van der Waals surface area contributed by atoms with Crippen LogP contribution < -0.4 is 0 Å². The third-order valence-electron chi connectivity index (χ3n) is 2.50. The molecular formula is C10H10BrClO. The fourth-order valence-electron chi connectivity index (χ4n) is 1.80. The van der Waals surface area contributed by atoms with E-state index in [0.29, 0.717) is 0 Å². The first-order valence-electron chi connectivity index (χ1n) is 4.35. The van der Waals surface area contributed by atoms with Gasteiger partial charge in [0.25, 0.3) is 0 Å². The molecule has 0 bridgehead atoms. The Balaban J connectivity index is 2.56. The number of halogens is 2. The molecule has 70 valence electrons. The molecule has 1 aromatic rings. The van der Waals surface area contributed by atoms with Crippen LogP contribution in [0, 0.1) is 0 Å². The Kier molecular flexibility index (Phi) is 2.63. The van der Waals surface area contributed by atoms with Crippen molar-refractivity contribution in [1.82, 2.24) is 0 Å². The van der Waals surface area contributed by atoms with E-state index in [0.717, 1.165) is 39.9 Å². The number of fused-ring (bicyclic) bond motifs is 1. The zero-order chi connectivity index (χ0) is 9.42. The minimum Gasteiger partial charge on any atom is -0.388 e. The number of hydrogen-bond donors (Lipinski definition) is 1. The number of benzene rings is 1. The zero-order valence-electron chi connectivity index (χ0n) is 7.06. The summed E-state index contributed by atoms with van der Waals surface area (Å²) in [5, 5.41) is 10.5. The molecule has 1 atom stereocenters. The van der Waals surface area contributed by atoms with Crippen LogP contribution >= 0.6 is 27.5 Å². The lowest BCUT2D eigenvalue weighted by Gasteiger charge is -2.22. The first-order chi connectivity index (χ1) is 6.20. The summed E-state index contributed by atoms with van der Waals surface area (Å²) in [6, 6.07) is 3.85. The van der Waals surface area contributed by atoms with Gasteiger partial charge in [-0.2, -0.15) is 0 Å². The summed E-state index contributed by atoms with van der Waals surface area (Å²) in [4.78, 5) is 0. The topological polar surface area (TPSA) is 20.2 Å². The highest BCUT2D eigenvalue weighted by molar-refractivity contribution is 9.10. The Hall–Kier alpha value is -0.0500. The lowest BCUT2D eigenvalue weighted by atomic mass is 9.89. The minimum atomic E-state index is -0.325. The molecule has 1 aliphatic carbocycles. The second kappa shape index (κ2) is 3.60. The third-order valence-corrected chi connectivity index (χ3v) is 3.82. The van der Waals surface area contributed by atoms with E-state index >= 15 is 0 Å². The number of aliphatic hydroxyl groups is 1. The van der Waals surface area contributed by atoms with Crippen molar-refractivity contribution in [3.05, 3.63) is 32.8 Å². The molecule has 0 heterocycles. The first kappa shape index (κ1) is 9.50. The highest BCUT2D eigenvalue weighted by Crippen LogP contribution is 2.37. The Labute approximate surface area is 90.9 Å². The first-order valence-corrected chi connectivity index (χ1v) is 5.52. The van der Waals surface area contributed by atoms with Gasteiger partial charge in [0.2, 0.25) is 0 Å². The predicted octanol–water partition coefficient (Wildman–Crippen LogP) is 3.47. The van der Waals surface area contributed by atoms with Crippen LogP contribution in [0.15, 0.2) is 16.6 Å². The Bertz CT molecular complexity index is 338.